The Balaban J connectivity index is 2.48. The van der Waals surface area contributed by atoms with E-state index in [-0.39, 0.29) is 23.9 Å². The van der Waals surface area contributed by atoms with Crippen LogP contribution in [0, 0.1) is 0 Å². The standard InChI is InChI=1S/C23H30ClN3O6S/c1-6-25-23(29)16(2)26(14-17-8-7-9-18(24)12-17)22(28)15-27(34(5,30)31)20-13-19(32-3)10-11-21(20)33-4/h7-13,16H,6,14-15H2,1-5H3,(H,25,29). The molecule has 9 nitrogen and oxygen atoms in total. The van der Waals surface area contributed by atoms with Gasteiger partial charge in [0.25, 0.3) is 0 Å². The van der Waals surface area contributed by atoms with Crippen LogP contribution < -0.4 is 19.1 Å². The first kappa shape index (κ1) is 27.3. The maximum absolute atomic E-state index is 13.5. The number of hydrogen-bond acceptors (Lipinski definition) is 6. The predicted octanol–water partition coefficient (Wildman–Crippen LogP) is 2.68. The van der Waals surface area contributed by atoms with Crippen LogP contribution in [-0.2, 0) is 26.2 Å². The lowest BCUT2D eigenvalue weighted by Crippen LogP contribution is -2.51. The van der Waals surface area contributed by atoms with Crippen LogP contribution in [0.25, 0.3) is 0 Å². The lowest BCUT2D eigenvalue weighted by Gasteiger charge is -2.31. The zero-order chi connectivity index (χ0) is 25.5. The van der Waals surface area contributed by atoms with Crippen molar-refractivity contribution >= 4 is 39.1 Å². The summed E-state index contributed by atoms with van der Waals surface area (Å²) in [6.07, 6.45) is 0.994. The van der Waals surface area contributed by atoms with Crippen molar-refractivity contribution in [3.8, 4) is 11.5 Å². The fourth-order valence-electron chi connectivity index (χ4n) is 3.32. The third kappa shape index (κ3) is 7.01. The van der Waals surface area contributed by atoms with Gasteiger partial charge in [0, 0.05) is 24.2 Å². The monoisotopic (exact) mass is 511 g/mol. The van der Waals surface area contributed by atoms with E-state index < -0.39 is 28.5 Å². The zero-order valence-corrected chi connectivity index (χ0v) is 21.4. The van der Waals surface area contributed by atoms with Crippen molar-refractivity contribution < 1.29 is 27.5 Å². The van der Waals surface area contributed by atoms with Gasteiger partial charge >= 0.3 is 0 Å². The number of amides is 2. The minimum Gasteiger partial charge on any atom is -0.497 e. The van der Waals surface area contributed by atoms with E-state index in [2.05, 4.69) is 5.32 Å². The molecule has 0 saturated carbocycles. The minimum absolute atomic E-state index is 0.0601. The van der Waals surface area contributed by atoms with E-state index in [0.29, 0.717) is 22.9 Å². The highest BCUT2D eigenvalue weighted by Gasteiger charge is 2.31. The normalized spacial score (nSPS) is 11.9. The van der Waals surface area contributed by atoms with Crippen molar-refractivity contribution in [3.63, 3.8) is 0 Å². The molecule has 0 aliphatic heterocycles. The number of nitrogens with one attached hydrogen (secondary N) is 1. The van der Waals surface area contributed by atoms with Crippen molar-refractivity contribution in [1.29, 1.82) is 0 Å². The van der Waals surface area contributed by atoms with Gasteiger partial charge < -0.3 is 19.7 Å². The molecule has 1 unspecified atom stereocenters. The Kier molecular flexibility index (Phi) is 9.57. The first-order valence-corrected chi connectivity index (χ1v) is 12.8. The molecular formula is C23H30ClN3O6S. The zero-order valence-electron chi connectivity index (χ0n) is 19.9. The highest BCUT2D eigenvalue weighted by atomic mass is 35.5. The Morgan fingerprint density at radius 1 is 1.12 bits per heavy atom. The lowest BCUT2D eigenvalue weighted by atomic mass is 10.1. The van der Waals surface area contributed by atoms with Crippen LogP contribution in [0.4, 0.5) is 5.69 Å². The van der Waals surface area contributed by atoms with E-state index >= 15 is 0 Å². The van der Waals surface area contributed by atoms with Crippen molar-refractivity contribution in [2.75, 3.05) is 37.9 Å². The third-order valence-electron chi connectivity index (χ3n) is 5.09. The van der Waals surface area contributed by atoms with Crippen LogP contribution in [0.1, 0.15) is 19.4 Å². The van der Waals surface area contributed by atoms with Crippen LogP contribution in [-0.4, -0.2) is 64.7 Å². The third-order valence-corrected chi connectivity index (χ3v) is 6.46. The molecule has 0 radical (unpaired) electrons. The number of halogens is 1. The maximum Gasteiger partial charge on any atom is 0.244 e. The van der Waals surface area contributed by atoms with Crippen molar-refractivity contribution in [3.05, 3.63) is 53.1 Å². The van der Waals surface area contributed by atoms with Gasteiger partial charge in [0.1, 0.15) is 24.1 Å². The molecule has 2 amide bonds. The number of methoxy groups -OCH3 is 2. The summed E-state index contributed by atoms with van der Waals surface area (Å²) in [5.41, 5.74) is 0.841. The number of anilines is 1. The molecule has 1 atom stereocenters. The van der Waals surface area contributed by atoms with E-state index in [0.717, 1.165) is 10.6 Å². The van der Waals surface area contributed by atoms with Crippen LogP contribution in [0.2, 0.25) is 5.02 Å². The van der Waals surface area contributed by atoms with Gasteiger partial charge in [-0.15, -0.1) is 0 Å². The summed E-state index contributed by atoms with van der Waals surface area (Å²) in [4.78, 5) is 27.4. The van der Waals surface area contributed by atoms with E-state index in [9.17, 15) is 18.0 Å². The molecule has 0 bridgehead atoms. The number of carbonyl (C=O) groups excluding carboxylic acids is 2. The quantitative estimate of drug-likeness (QED) is 0.497. The van der Waals surface area contributed by atoms with E-state index in [1.165, 1.54) is 25.2 Å². The molecule has 186 valence electrons. The Hall–Kier alpha value is -2.98. The number of ether oxygens (including phenoxy) is 2. The molecule has 0 spiro atoms. The Bertz CT molecular complexity index is 1130. The summed E-state index contributed by atoms with van der Waals surface area (Å²) >= 11 is 6.09. The average Bonchev–Trinajstić information content (AvgIpc) is 2.79. The molecule has 0 aliphatic rings. The minimum atomic E-state index is -3.91. The number of carbonyl (C=O) groups is 2. The van der Waals surface area contributed by atoms with Crippen LogP contribution in [0.15, 0.2) is 42.5 Å². The van der Waals surface area contributed by atoms with Crippen molar-refractivity contribution in [2.45, 2.75) is 26.4 Å². The topological polar surface area (TPSA) is 105 Å². The smallest absolute Gasteiger partial charge is 0.244 e. The molecule has 0 heterocycles. The fourth-order valence-corrected chi connectivity index (χ4v) is 4.38. The van der Waals surface area contributed by atoms with Crippen LogP contribution in [0.3, 0.4) is 0 Å². The first-order chi connectivity index (χ1) is 16.0. The maximum atomic E-state index is 13.5. The number of nitrogens with zero attached hydrogens (tertiary/aromatic N) is 2. The van der Waals surface area contributed by atoms with Gasteiger partial charge in [0.05, 0.1) is 26.2 Å². The van der Waals surface area contributed by atoms with E-state index in [1.54, 1.807) is 50.2 Å². The van der Waals surface area contributed by atoms with E-state index in [1.807, 2.05) is 0 Å². The van der Waals surface area contributed by atoms with Crippen LogP contribution >= 0.6 is 11.6 Å². The van der Waals surface area contributed by atoms with Gasteiger partial charge in [-0.1, -0.05) is 23.7 Å². The Morgan fingerprint density at radius 3 is 2.38 bits per heavy atom. The molecular weight excluding hydrogens is 482 g/mol. The molecule has 11 heteroatoms. The van der Waals surface area contributed by atoms with Gasteiger partial charge in [-0.2, -0.15) is 0 Å². The van der Waals surface area contributed by atoms with Gasteiger partial charge in [-0.05, 0) is 43.7 Å². The molecule has 0 fully saturated rings. The Labute approximate surface area is 205 Å². The van der Waals surface area contributed by atoms with Crippen molar-refractivity contribution in [1.82, 2.24) is 10.2 Å². The number of sulfonamides is 1. The molecule has 2 aromatic carbocycles. The van der Waals surface area contributed by atoms with Gasteiger partial charge in [-0.25, -0.2) is 8.42 Å². The highest BCUT2D eigenvalue weighted by molar-refractivity contribution is 7.92. The fraction of sp³-hybridized carbons (Fsp3) is 0.391. The predicted molar refractivity (Wildman–Crippen MR) is 132 cm³/mol. The summed E-state index contributed by atoms with van der Waals surface area (Å²) < 4.78 is 36.9. The molecule has 0 aromatic heterocycles. The summed E-state index contributed by atoms with van der Waals surface area (Å²) in [7, 11) is -1.07. The first-order valence-electron chi connectivity index (χ1n) is 10.5. The molecule has 0 aliphatic carbocycles. The number of hydrogen-bond donors (Lipinski definition) is 1. The SMILES string of the molecule is CCNC(=O)C(C)N(Cc1cccc(Cl)c1)C(=O)CN(c1cc(OC)ccc1OC)S(C)(=O)=O. The Morgan fingerprint density at radius 2 is 1.82 bits per heavy atom. The molecule has 1 N–H and O–H groups in total. The van der Waals surface area contributed by atoms with Crippen molar-refractivity contribution in [2.24, 2.45) is 0 Å². The summed E-state index contributed by atoms with van der Waals surface area (Å²) in [6.45, 7) is 3.26. The second-order valence-electron chi connectivity index (χ2n) is 7.53. The summed E-state index contributed by atoms with van der Waals surface area (Å²) in [5, 5.41) is 3.18. The highest BCUT2D eigenvalue weighted by Crippen LogP contribution is 2.34. The second-order valence-corrected chi connectivity index (χ2v) is 9.87. The lowest BCUT2D eigenvalue weighted by molar-refractivity contribution is -0.139. The van der Waals surface area contributed by atoms with E-state index in [4.69, 9.17) is 21.1 Å². The van der Waals surface area contributed by atoms with Gasteiger partial charge in [0.15, 0.2) is 0 Å². The number of benzene rings is 2. The average molecular weight is 512 g/mol. The number of rotatable bonds is 11. The summed E-state index contributed by atoms with van der Waals surface area (Å²) in [5.74, 6) is -0.294. The van der Waals surface area contributed by atoms with Gasteiger partial charge in [0.2, 0.25) is 21.8 Å². The summed E-state index contributed by atoms with van der Waals surface area (Å²) in [6, 6.07) is 10.7. The molecule has 2 rings (SSSR count). The van der Waals surface area contributed by atoms with Gasteiger partial charge in [-0.3, -0.25) is 13.9 Å². The molecule has 0 saturated heterocycles. The second kappa shape index (κ2) is 11.9. The largest absolute Gasteiger partial charge is 0.497 e. The molecule has 2 aromatic rings. The number of likely N-dealkylation sites (N-methyl/N-ethyl adjacent to an activating group) is 1. The van der Waals surface area contributed by atoms with Crippen LogP contribution in [0.5, 0.6) is 11.5 Å². The molecule has 34 heavy (non-hydrogen) atoms.